The number of hydrogen-bond donors (Lipinski definition) is 1. The Labute approximate surface area is 117 Å². The minimum absolute atomic E-state index is 0.204. The van der Waals surface area contributed by atoms with E-state index >= 15 is 0 Å². The van der Waals surface area contributed by atoms with Crippen LogP contribution >= 0.6 is 0 Å². The number of piperidine rings is 1. The molecule has 3 nitrogen and oxygen atoms in total. The summed E-state index contributed by atoms with van der Waals surface area (Å²) in [7, 11) is 0. The summed E-state index contributed by atoms with van der Waals surface area (Å²) >= 11 is 0. The van der Waals surface area contributed by atoms with E-state index in [1.807, 2.05) is 0 Å². The largest absolute Gasteiger partial charge is 0.342 e. The van der Waals surface area contributed by atoms with Gasteiger partial charge in [-0.25, -0.2) is 0 Å². The van der Waals surface area contributed by atoms with Gasteiger partial charge in [0.2, 0.25) is 5.91 Å². The van der Waals surface area contributed by atoms with Gasteiger partial charge >= 0.3 is 0 Å². The predicted octanol–water partition coefficient (Wildman–Crippen LogP) is 2.79. The highest BCUT2D eigenvalue weighted by atomic mass is 16.2. The van der Waals surface area contributed by atoms with E-state index in [-0.39, 0.29) is 12.0 Å². The van der Waals surface area contributed by atoms with Crippen molar-refractivity contribution >= 4 is 5.91 Å². The van der Waals surface area contributed by atoms with Crippen molar-refractivity contribution in [2.45, 2.75) is 65.3 Å². The van der Waals surface area contributed by atoms with Crippen LogP contribution in [0.5, 0.6) is 0 Å². The third-order valence-corrected chi connectivity index (χ3v) is 5.10. The number of likely N-dealkylation sites (tertiary alicyclic amines) is 1. The van der Waals surface area contributed by atoms with Gasteiger partial charge in [0.15, 0.2) is 0 Å². The number of hydrogen-bond acceptors (Lipinski definition) is 2. The van der Waals surface area contributed by atoms with E-state index in [0.29, 0.717) is 11.3 Å². The maximum Gasteiger partial charge on any atom is 0.225 e. The lowest BCUT2D eigenvalue weighted by molar-refractivity contribution is -0.138. The van der Waals surface area contributed by atoms with Crippen LogP contribution in [0.1, 0.15) is 59.3 Å². The molecule has 2 atom stereocenters. The van der Waals surface area contributed by atoms with Gasteiger partial charge in [-0.3, -0.25) is 4.79 Å². The van der Waals surface area contributed by atoms with Gasteiger partial charge in [-0.2, -0.15) is 0 Å². The minimum atomic E-state index is 0.204. The van der Waals surface area contributed by atoms with Crippen molar-refractivity contribution in [1.29, 1.82) is 0 Å². The first-order valence-corrected chi connectivity index (χ1v) is 7.92. The van der Waals surface area contributed by atoms with E-state index in [1.165, 1.54) is 0 Å². The monoisotopic (exact) mass is 266 g/mol. The van der Waals surface area contributed by atoms with Crippen LogP contribution in [0.3, 0.4) is 0 Å². The molecule has 1 saturated heterocycles. The molecule has 3 heteroatoms. The highest BCUT2D eigenvalue weighted by Crippen LogP contribution is 2.35. The summed E-state index contributed by atoms with van der Waals surface area (Å²) < 4.78 is 0. The van der Waals surface area contributed by atoms with Crippen LogP contribution in [0.25, 0.3) is 0 Å². The molecule has 1 amide bonds. The van der Waals surface area contributed by atoms with Gasteiger partial charge in [0.05, 0.1) is 0 Å². The van der Waals surface area contributed by atoms with Crippen LogP contribution < -0.4 is 5.73 Å². The van der Waals surface area contributed by atoms with Gasteiger partial charge in [-0.15, -0.1) is 0 Å². The number of nitrogens with zero attached hydrogens (tertiary/aromatic N) is 1. The van der Waals surface area contributed by atoms with Crippen LogP contribution in [-0.2, 0) is 4.79 Å². The van der Waals surface area contributed by atoms with E-state index in [2.05, 4.69) is 25.7 Å². The lowest BCUT2D eigenvalue weighted by Crippen LogP contribution is -2.45. The summed E-state index contributed by atoms with van der Waals surface area (Å²) in [6.07, 6.45) is 6.48. The van der Waals surface area contributed by atoms with E-state index in [9.17, 15) is 4.79 Å². The predicted molar refractivity (Wildman–Crippen MR) is 78.7 cm³/mol. The van der Waals surface area contributed by atoms with Crippen molar-refractivity contribution in [3.05, 3.63) is 0 Å². The van der Waals surface area contributed by atoms with Crippen LogP contribution in [-0.4, -0.2) is 29.9 Å². The first-order valence-electron chi connectivity index (χ1n) is 7.92. The number of rotatable bonds is 1. The molecule has 0 aromatic rings. The van der Waals surface area contributed by atoms with Gasteiger partial charge in [-0.1, -0.05) is 27.2 Å². The third-order valence-electron chi connectivity index (χ3n) is 5.10. The molecule has 2 fully saturated rings. The molecular formula is C16H30N2O. The lowest BCUT2D eigenvalue weighted by Gasteiger charge is -2.40. The standard InChI is InChI=1S/C16H30N2O/c1-16(2,3)13-7-9-18(10-8-13)15(19)12-5-4-6-14(17)11-12/h12-14H,4-11,17H2,1-3H3. The summed E-state index contributed by atoms with van der Waals surface area (Å²) in [5, 5.41) is 0. The summed E-state index contributed by atoms with van der Waals surface area (Å²) in [5.41, 5.74) is 6.38. The molecule has 2 unspecified atom stereocenters. The molecule has 2 rings (SSSR count). The fraction of sp³-hybridized carbons (Fsp3) is 0.938. The van der Waals surface area contributed by atoms with Crippen molar-refractivity contribution < 1.29 is 4.79 Å². The van der Waals surface area contributed by atoms with Crippen LogP contribution in [0.2, 0.25) is 0 Å². The van der Waals surface area contributed by atoms with Crippen LogP contribution in [0.15, 0.2) is 0 Å². The Morgan fingerprint density at radius 1 is 1.11 bits per heavy atom. The molecule has 0 aromatic heterocycles. The second-order valence-electron chi connectivity index (χ2n) is 7.59. The Hall–Kier alpha value is -0.570. The molecule has 0 radical (unpaired) electrons. The molecule has 0 aromatic carbocycles. The van der Waals surface area contributed by atoms with Crippen molar-refractivity contribution in [3.8, 4) is 0 Å². The average molecular weight is 266 g/mol. The molecule has 0 spiro atoms. The van der Waals surface area contributed by atoms with Crippen molar-refractivity contribution in [2.75, 3.05) is 13.1 Å². The zero-order valence-electron chi connectivity index (χ0n) is 12.8. The zero-order chi connectivity index (χ0) is 14.0. The summed E-state index contributed by atoms with van der Waals surface area (Å²) in [6, 6.07) is 0.245. The minimum Gasteiger partial charge on any atom is -0.342 e. The highest BCUT2D eigenvalue weighted by molar-refractivity contribution is 5.79. The molecule has 110 valence electrons. The Balaban J connectivity index is 1.85. The maximum atomic E-state index is 12.5. The smallest absolute Gasteiger partial charge is 0.225 e. The summed E-state index contributed by atoms with van der Waals surface area (Å²) in [6.45, 7) is 8.85. The Morgan fingerprint density at radius 3 is 2.26 bits per heavy atom. The molecule has 1 aliphatic heterocycles. The van der Waals surface area contributed by atoms with Gasteiger partial charge in [-0.05, 0) is 43.4 Å². The Kier molecular flexibility index (Phi) is 4.54. The van der Waals surface area contributed by atoms with Crippen LogP contribution in [0.4, 0.5) is 0 Å². The van der Waals surface area contributed by atoms with Gasteiger partial charge < -0.3 is 10.6 Å². The topological polar surface area (TPSA) is 46.3 Å². The lowest BCUT2D eigenvalue weighted by atomic mass is 9.75. The number of carbonyl (C=O) groups is 1. The Bertz CT molecular complexity index is 313. The zero-order valence-corrected chi connectivity index (χ0v) is 12.8. The fourth-order valence-corrected chi connectivity index (χ4v) is 3.68. The van der Waals surface area contributed by atoms with Gasteiger partial charge in [0.25, 0.3) is 0 Å². The second-order valence-corrected chi connectivity index (χ2v) is 7.59. The average Bonchev–Trinajstić information content (AvgIpc) is 2.37. The van der Waals surface area contributed by atoms with Crippen LogP contribution in [0, 0.1) is 17.3 Å². The van der Waals surface area contributed by atoms with Crippen molar-refractivity contribution in [3.63, 3.8) is 0 Å². The first kappa shape index (κ1) is 14.8. The molecule has 0 bridgehead atoms. The van der Waals surface area contributed by atoms with E-state index in [1.54, 1.807) is 0 Å². The number of amides is 1. The summed E-state index contributed by atoms with van der Waals surface area (Å²) in [5.74, 6) is 1.34. The van der Waals surface area contributed by atoms with E-state index in [0.717, 1.165) is 57.5 Å². The Morgan fingerprint density at radius 2 is 1.74 bits per heavy atom. The SMILES string of the molecule is CC(C)(C)C1CCN(C(=O)C2CCCC(N)C2)CC1. The highest BCUT2D eigenvalue weighted by Gasteiger charge is 2.34. The molecular weight excluding hydrogens is 236 g/mol. The fourth-order valence-electron chi connectivity index (χ4n) is 3.68. The van der Waals surface area contributed by atoms with E-state index in [4.69, 9.17) is 5.73 Å². The maximum absolute atomic E-state index is 12.5. The van der Waals surface area contributed by atoms with Crippen molar-refractivity contribution in [2.24, 2.45) is 23.0 Å². The van der Waals surface area contributed by atoms with Crippen molar-refractivity contribution in [1.82, 2.24) is 4.90 Å². The molecule has 1 heterocycles. The second kappa shape index (κ2) is 5.82. The molecule has 2 aliphatic rings. The molecule has 2 N–H and O–H groups in total. The molecule has 19 heavy (non-hydrogen) atoms. The van der Waals surface area contributed by atoms with E-state index < -0.39 is 0 Å². The summed E-state index contributed by atoms with van der Waals surface area (Å²) in [4.78, 5) is 14.6. The molecule has 1 saturated carbocycles. The van der Waals surface area contributed by atoms with Gasteiger partial charge in [0.1, 0.15) is 0 Å². The van der Waals surface area contributed by atoms with Gasteiger partial charge in [0, 0.05) is 25.0 Å². The number of carbonyl (C=O) groups excluding carboxylic acids is 1. The normalized spacial score (nSPS) is 30.4. The number of nitrogens with two attached hydrogens (primary N) is 1. The molecule has 1 aliphatic carbocycles. The third kappa shape index (κ3) is 3.71. The quantitative estimate of drug-likeness (QED) is 0.793. The first-order chi connectivity index (χ1) is 8.88.